The van der Waals surface area contributed by atoms with Crippen molar-refractivity contribution < 1.29 is 14.3 Å². The molecular formula is C26H34FN3O2. The van der Waals surface area contributed by atoms with Crippen LogP contribution < -0.4 is 5.32 Å². The van der Waals surface area contributed by atoms with Crippen LogP contribution in [-0.2, 0) is 4.79 Å². The Labute approximate surface area is 189 Å². The Morgan fingerprint density at radius 2 is 2.19 bits per heavy atom. The van der Waals surface area contributed by atoms with Crippen LogP contribution in [0.25, 0.3) is 5.57 Å². The van der Waals surface area contributed by atoms with E-state index in [0.717, 1.165) is 50.4 Å². The molecule has 1 aliphatic carbocycles. The number of aromatic nitrogens is 2. The maximum Gasteiger partial charge on any atom is 0.223 e. The van der Waals surface area contributed by atoms with Crippen molar-refractivity contribution in [3.05, 3.63) is 72.1 Å². The van der Waals surface area contributed by atoms with Gasteiger partial charge in [0.05, 0.1) is 11.9 Å². The molecule has 3 rings (SSSR count). The summed E-state index contributed by atoms with van der Waals surface area (Å²) < 4.78 is 13.1. The number of rotatable bonds is 12. The summed E-state index contributed by atoms with van der Waals surface area (Å²) in [6.07, 6.45) is 11.6. The Bertz CT molecular complexity index is 944. The van der Waals surface area contributed by atoms with Gasteiger partial charge in [-0.25, -0.2) is 4.39 Å². The summed E-state index contributed by atoms with van der Waals surface area (Å²) in [5.41, 5.74) is 3.92. The molecular weight excluding hydrogens is 405 g/mol. The zero-order valence-corrected chi connectivity index (χ0v) is 19.0. The van der Waals surface area contributed by atoms with Gasteiger partial charge in [0, 0.05) is 24.4 Å². The Hall–Kier alpha value is -2.73. The lowest BCUT2D eigenvalue weighted by Crippen LogP contribution is -2.38. The molecule has 5 nitrogen and oxygen atoms in total. The van der Waals surface area contributed by atoms with E-state index in [2.05, 4.69) is 47.9 Å². The zero-order chi connectivity index (χ0) is 23.1. The average Bonchev–Trinajstić information content (AvgIpc) is 3.45. The molecule has 6 heteroatoms. The fourth-order valence-electron chi connectivity index (χ4n) is 4.58. The van der Waals surface area contributed by atoms with Crippen molar-refractivity contribution in [1.82, 2.24) is 15.3 Å². The summed E-state index contributed by atoms with van der Waals surface area (Å²) in [5, 5.41) is 13.3. The van der Waals surface area contributed by atoms with E-state index in [1.165, 1.54) is 23.3 Å². The number of nitrogens with one attached hydrogen (secondary N) is 2. The fourth-order valence-corrected chi connectivity index (χ4v) is 4.58. The molecule has 0 unspecified atom stereocenters. The SMILES string of the molecule is C=C/C=C(/CCC1([C@H](CCC)C(=O)NC[C@@H](O)c2ccc(F)cn2)CC1)c1cc[nH]c1C. The van der Waals surface area contributed by atoms with Crippen LogP contribution in [0.2, 0.25) is 0 Å². The quantitative estimate of drug-likeness (QED) is 0.395. The molecule has 1 fully saturated rings. The summed E-state index contributed by atoms with van der Waals surface area (Å²) in [7, 11) is 0. The Kier molecular flexibility index (Phi) is 8.02. The van der Waals surface area contributed by atoms with E-state index in [9.17, 15) is 14.3 Å². The molecule has 0 bridgehead atoms. The highest BCUT2D eigenvalue weighted by atomic mass is 19.1. The first-order valence-electron chi connectivity index (χ1n) is 11.4. The number of nitrogens with zero attached hydrogens (tertiary/aromatic N) is 1. The number of aliphatic hydroxyl groups is 1. The van der Waals surface area contributed by atoms with Crippen LogP contribution in [0.4, 0.5) is 4.39 Å². The van der Waals surface area contributed by atoms with Gasteiger partial charge in [0.1, 0.15) is 11.9 Å². The van der Waals surface area contributed by atoms with Crippen LogP contribution in [0.1, 0.15) is 68.5 Å². The van der Waals surface area contributed by atoms with Gasteiger partial charge in [-0.3, -0.25) is 9.78 Å². The van der Waals surface area contributed by atoms with Crippen LogP contribution in [0.3, 0.4) is 0 Å². The first-order chi connectivity index (χ1) is 15.4. The molecule has 2 aromatic heterocycles. The molecule has 2 aromatic rings. The minimum atomic E-state index is -0.962. The van der Waals surface area contributed by atoms with E-state index in [-0.39, 0.29) is 23.8 Å². The molecule has 32 heavy (non-hydrogen) atoms. The molecule has 2 atom stereocenters. The number of aryl methyl sites for hydroxylation is 1. The number of pyridine rings is 1. The second-order valence-corrected chi connectivity index (χ2v) is 8.81. The third-order valence-corrected chi connectivity index (χ3v) is 6.60. The van der Waals surface area contributed by atoms with Crippen molar-refractivity contribution in [2.24, 2.45) is 11.3 Å². The van der Waals surface area contributed by atoms with Gasteiger partial charge < -0.3 is 15.4 Å². The Balaban J connectivity index is 1.63. The number of H-pyrrole nitrogens is 1. The molecule has 1 amide bonds. The zero-order valence-electron chi connectivity index (χ0n) is 19.0. The minimum absolute atomic E-state index is 0.00361. The molecule has 0 spiro atoms. The number of amides is 1. The van der Waals surface area contributed by atoms with Crippen molar-refractivity contribution in [2.45, 2.75) is 58.5 Å². The predicted octanol–water partition coefficient (Wildman–Crippen LogP) is 5.25. The van der Waals surface area contributed by atoms with E-state index in [1.807, 2.05) is 12.3 Å². The van der Waals surface area contributed by atoms with Crippen molar-refractivity contribution >= 4 is 11.5 Å². The summed E-state index contributed by atoms with van der Waals surface area (Å²) >= 11 is 0. The van der Waals surface area contributed by atoms with Crippen molar-refractivity contribution in [3.8, 4) is 0 Å². The standard InChI is InChI=1S/C26H34FN3O2/c1-4-6-19(21-11-15-28-18(21)3)10-12-26(13-14-26)22(7-5-2)25(32)30-17-24(31)23-9-8-20(27)16-29-23/h4,6,8-9,11,15-16,22,24,28,31H,1,5,7,10,12-14,17H2,2-3H3,(H,30,32)/b19-6-/t22-,24-/m1/s1. The molecule has 0 aliphatic heterocycles. The molecule has 0 radical (unpaired) electrons. The monoisotopic (exact) mass is 439 g/mol. The highest BCUT2D eigenvalue weighted by Gasteiger charge is 2.51. The van der Waals surface area contributed by atoms with E-state index >= 15 is 0 Å². The van der Waals surface area contributed by atoms with Gasteiger partial charge in [0.25, 0.3) is 0 Å². The lowest BCUT2D eigenvalue weighted by atomic mass is 9.80. The summed E-state index contributed by atoms with van der Waals surface area (Å²) in [4.78, 5) is 20.3. The van der Waals surface area contributed by atoms with E-state index < -0.39 is 11.9 Å². The molecule has 3 N–H and O–H groups in total. The predicted molar refractivity (Wildman–Crippen MR) is 125 cm³/mol. The largest absolute Gasteiger partial charge is 0.385 e. The fraction of sp³-hybridized carbons (Fsp3) is 0.462. The number of allylic oxidation sites excluding steroid dienone is 3. The first kappa shape index (κ1) is 23.9. The Morgan fingerprint density at radius 3 is 2.75 bits per heavy atom. The first-order valence-corrected chi connectivity index (χ1v) is 11.4. The molecule has 0 saturated heterocycles. The van der Waals surface area contributed by atoms with Gasteiger partial charge in [-0.05, 0) is 73.8 Å². The van der Waals surface area contributed by atoms with Crippen LogP contribution in [0.15, 0.2) is 49.3 Å². The van der Waals surface area contributed by atoms with Gasteiger partial charge in [0.2, 0.25) is 5.91 Å². The third kappa shape index (κ3) is 5.74. The van der Waals surface area contributed by atoms with Crippen molar-refractivity contribution in [3.63, 3.8) is 0 Å². The van der Waals surface area contributed by atoms with E-state index in [0.29, 0.717) is 5.69 Å². The number of aromatic amines is 1. The maximum absolute atomic E-state index is 13.1. The smallest absolute Gasteiger partial charge is 0.223 e. The maximum atomic E-state index is 13.1. The van der Waals surface area contributed by atoms with E-state index in [4.69, 9.17) is 0 Å². The van der Waals surface area contributed by atoms with E-state index in [1.54, 1.807) is 0 Å². The normalized spacial score (nSPS) is 16.9. The summed E-state index contributed by atoms with van der Waals surface area (Å²) in [5.74, 6) is -0.556. The van der Waals surface area contributed by atoms with Gasteiger partial charge in [-0.1, -0.05) is 32.1 Å². The molecule has 1 saturated carbocycles. The van der Waals surface area contributed by atoms with Gasteiger partial charge in [-0.15, -0.1) is 0 Å². The second-order valence-electron chi connectivity index (χ2n) is 8.81. The molecule has 1 aliphatic rings. The van der Waals surface area contributed by atoms with Crippen molar-refractivity contribution in [2.75, 3.05) is 6.54 Å². The topological polar surface area (TPSA) is 78.0 Å². The molecule has 2 heterocycles. The number of hydrogen-bond donors (Lipinski definition) is 3. The Morgan fingerprint density at radius 1 is 1.41 bits per heavy atom. The van der Waals surface area contributed by atoms with Gasteiger partial charge in [-0.2, -0.15) is 0 Å². The lowest BCUT2D eigenvalue weighted by Gasteiger charge is -2.27. The van der Waals surface area contributed by atoms with Crippen molar-refractivity contribution in [1.29, 1.82) is 0 Å². The van der Waals surface area contributed by atoms with Crippen LogP contribution in [-0.4, -0.2) is 27.5 Å². The van der Waals surface area contributed by atoms with Gasteiger partial charge in [0.15, 0.2) is 0 Å². The molecule has 172 valence electrons. The minimum Gasteiger partial charge on any atom is -0.385 e. The molecule has 0 aromatic carbocycles. The number of carbonyl (C=O) groups is 1. The number of carbonyl (C=O) groups excluding carboxylic acids is 1. The van der Waals surface area contributed by atoms with Crippen LogP contribution in [0.5, 0.6) is 0 Å². The highest BCUT2D eigenvalue weighted by Crippen LogP contribution is 2.57. The highest BCUT2D eigenvalue weighted by molar-refractivity contribution is 5.80. The summed E-state index contributed by atoms with van der Waals surface area (Å²) in [6, 6.07) is 4.78. The summed E-state index contributed by atoms with van der Waals surface area (Å²) in [6.45, 7) is 8.09. The second kappa shape index (κ2) is 10.7. The number of halogens is 1. The average molecular weight is 440 g/mol. The number of hydrogen-bond acceptors (Lipinski definition) is 3. The lowest BCUT2D eigenvalue weighted by molar-refractivity contribution is -0.128. The third-order valence-electron chi connectivity index (χ3n) is 6.60. The van der Waals surface area contributed by atoms with Crippen LogP contribution >= 0.6 is 0 Å². The van der Waals surface area contributed by atoms with Gasteiger partial charge >= 0.3 is 0 Å². The number of aliphatic hydroxyl groups excluding tert-OH is 1. The van der Waals surface area contributed by atoms with Crippen LogP contribution in [0, 0.1) is 24.1 Å².